The van der Waals surface area contributed by atoms with Gasteiger partial charge >= 0.3 is 0 Å². The molecule has 0 heterocycles. The molecule has 6 nitrogen and oxygen atoms in total. The predicted octanol–water partition coefficient (Wildman–Crippen LogP) is 3.33. The van der Waals surface area contributed by atoms with Crippen LogP contribution in [0.25, 0.3) is 0 Å². The second-order valence-corrected chi connectivity index (χ2v) is 4.99. The normalized spacial score (nSPS) is 10.2. The van der Waals surface area contributed by atoms with Gasteiger partial charge in [-0.05, 0) is 24.3 Å². The molecule has 2 aromatic carbocycles. The third-order valence-electron chi connectivity index (χ3n) is 2.69. The quantitative estimate of drug-likeness (QED) is 0.502. The number of nitrogens with two attached hydrogens (primary N) is 1. The summed E-state index contributed by atoms with van der Waals surface area (Å²) in [6, 6.07) is 7.89. The molecule has 0 spiro atoms. The zero-order chi connectivity index (χ0) is 15.6. The number of nitrogens with one attached hydrogen (secondary N) is 1. The summed E-state index contributed by atoms with van der Waals surface area (Å²) >= 11 is 3.18. The van der Waals surface area contributed by atoms with E-state index in [1.54, 1.807) is 6.07 Å². The summed E-state index contributed by atoms with van der Waals surface area (Å²) in [6.45, 7) is 0. The van der Waals surface area contributed by atoms with Gasteiger partial charge in [0.2, 0.25) is 0 Å². The lowest BCUT2D eigenvalue weighted by molar-refractivity contribution is -0.384. The van der Waals surface area contributed by atoms with Crippen molar-refractivity contribution in [1.82, 2.24) is 0 Å². The Kier molecular flexibility index (Phi) is 4.18. The molecule has 3 N–H and O–H groups in total. The van der Waals surface area contributed by atoms with Crippen molar-refractivity contribution in [1.29, 1.82) is 0 Å². The fraction of sp³-hybridized carbons (Fsp3) is 0. The molecule has 2 rings (SSSR count). The number of halogens is 2. The number of carbonyl (C=O) groups excluding carboxylic acids is 1. The molecular formula is C13H9BrFN3O3. The summed E-state index contributed by atoms with van der Waals surface area (Å²) in [4.78, 5) is 22.2. The van der Waals surface area contributed by atoms with E-state index in [0.717, 1.165) is 12.1 Å². The lowest BCUT2D eigenvalue weighted by Crippen LogP contribution is -2.16. The number of anilines is 2. The Morgan fingerprint density at radius 3 is 2.71 bits per heavy atom. The van der Waals surface area contributed by atoms with Crippen LogP contribution in [0.5, 0.6) is 0 Å². The van der Waals surface area contributed by atoms with E-state index < -0.39 is 28.0 Å². The van der Waals surface area contributed by atoms with Crippen LogP contribution < -0.4 is 11.1 Å². The van der Waals surface area contributed by atoms with Crippen molar-refractivity contribution in [2.24, 2.45) is 0 Å². The highest BCUT2D eigenvalue weighted by molar-refractivity contribution is 9.10. The number of nitrogens with zero attached hydrogens (tertiary/aromatic N) is 1. The van der Waals surface area contributed by atoms with Gasteiger partial charge in [-0.1, -0.05) is 22.0 Å². The Hall–Kier alpha value is -2.48. The van der Waals surface area contributed by atoms with Gasteiger partial charge in [-0.25, -0.2) is 4.39 Å². The zero-order valence-corrected chi connectivity index (χ0v) is 12.1. The summed E-state index contributed by atoms with van der Waals surface area (Å²) < 4.78 is 14.3. The van der Waals surface area contributed by atoms with Gasteiger partial charge in [-0.15, -0.1) is 0 Å². The predicted molar refractivity (Wildman–Crippen MR) is 79.6 cm³/mol. The number of rotatable bonds is 3. The number of benzene rings is 2. The number of para-hydroxylation sites is 1. The van der Waals surface area contributed by atoms with Crippen LogP contribution in [-0.4, -0.2) is 10.8 Å². The first-order valence-electron chi connectivity index (χ1n) is 5.69. The highest BCUT2D eigenvalue weighted by atomic mass is 79.9. The van der Waals surface area contributed by atoms with Crippen molar-refractivity contribution in [2.75, 3.05) is 11.1 Å². The van der Waals surface area contributed by atoms with E-state index in [9.17, 15) is 19.3 Å². The first-order valence-corrected chi connectivity index (χ1v) is 6.48. The molecule has 0 atom stereocenters. The van der Waals surface area contributed by atoms with Gasteiger partial charge < -0.3 is 11.1 Å². The fourth-order valence-corrected chi connectivity index (χ4v) is 2.06. The summed E-state index contributed by atoms with van der Waals surface area (Å²) in [5, 5.41) is 13.1. The first kappa shape index (κ1) is 14.9. The lowest BCUT2D eigenvalue weighted by atomic mass is 10.1. The summed E-state index contributed by atoms with van der Waals surface area (Å²) in [7, 11) is 0. The van der Waals surface area contributed by atoms with E-state index in [0.29, 0.717) is 4.47 Å². The van der Waals surface area contributed by atoms with Crippen LogP contribution in [0, 0.1) is 15.9 Å². The third kappa shape index (κ3) is 3.16. The van der Waals surface area contributed by atoms with E-state index in [1.165, 1.54) is 18.2 Å². The zero-order valence-electron chi connectivity index (χ0n) is 10.5. The number of nitrogen functional groups attached to an aromatic ring is 1. The standard InChI is InChI=1S/C13H9BrFN3O3/c14-7-4-5-10(16)8(6-7)13(19)17-12-9(15)2-1-3-11(12)18(20)21/h1-6H,16H2,(H,17,19). The Morgan fingerprint density at radius 2 is 2.05 bits per heavy atom. The molecule has 0 saturated heterocycles. The Balaban J connectivity index is 2.41. The Bertz CT molecular complexity index is 737. The topological polar surface area (TPSA) is 98.3 Å². The molecule has 0 aromatic heterocycles. The van der Waals surface area contributed by atoms with Crippen LogP contribution >= 0.6 is 15.9 Å². The molecule has 0 unspecified atom stereocenters. The van der Waals surface area contributed by atoms with Gasteiger partial charge in [-0.2, -0.15) is 0 Å². The molecule has 0 fully saturated rings. The summed E-state index contributed by atoms with van der Waals surface area (Å²) in [5.41, 5.74) is 4.91. The van der Waals surface area contributed by atoms with E-state index >= 15 is 0 Å². The number of amides is 1. The van der Waals surface area contributed by atoms with Crippen LogP contribution in [0.4, 0.5) is 21.5 Å². The molecule has 0 aliphatic carbocycles. The maximum absolute atomic E-state index is 13.7. The number of nitro benzene ring substituents is 1. The number of hydrogen-bond acceptors (Lipinski definition) is 4. The molecule has 0 saturated carbocycles. The highest BCUT2D eigenvalue weighted by Gasteiger charge is 2.21. The van der Waals surface area contributed by atoms with Crippen LogP contribution in [0.3, 0.4) is 0 Å². The fourth-order valence-electron chi connectivity index (χ4n) is 1.69. The monoisotopic (exact) mass is 353 g/mol. The maximum Gasteiger partial charge on any atom is 0.295 e. The van der Waals surface area contributed by atoms with Crippen molar-refractivity contribution < 1.29 is 14.1 Å². The summed E-state index contributed by atoms with van der Waals surface area (Å²) in [6.07, 6.45) is 0. The minimum Gasteiger partial charge on any atom is -0.398 e. The molecule has 108 valence electrons. The number of hydrogen-bond donors (Lipinski definition) is 2. The van der Waals surface area contributed by atoms with E-state index in [1.807, 2.05) is 0 Å². The minimum absolute atomic E-state index is 0.0851. The molecule has 0 aliphatic heterocycles. The molecule has 0 radical (unpaired) electrons. The Labute approximate surface area is 127 Å². The van der Waals surface area contributed by atoms with Crippen LogP contribution in [0.2, 0.25) is 0 Å². The smallest absolute Gasteiger partial charge is 0.295 e. The molecule has 0 bridgehead atoms. The Morgan fingerprint density at radius 1 is 1.33 bits per heavy atom. The molecule has 21 heavy (non-hydrogen) atoms. The largest absolute Gasteiger partial charge is 0.398 e. The maximum atomic E-state index is 13.7. The minimum atomic E-state index is -0.897. The molecule has 2 aromatic rings. The number of carbonyl (C=O) groups is 1. The summed E-state index contributed by atoms with van der Waals surface area (Å²) in [5.74, 6) is -1.63. The van der Waals surface area contributed by atoms with Crippen LogP contribution in [0.1, 0.15) is 10.4 Å². The lowest BCUT2D eigenvalue weighted by Gasteiger charge is -2.09. The average molecular weight is 354 g/mol. The molecule has 1 amide bonds. The van der Waals surface area contributed by atoms with Crippen molar-refractivity contribution in [3.8, 4) is 0 Å². The van der Waals surface area contributed by atoms with Crippen molar-refractivity contribution >= 4 is 38.9 Å². The van der Waals surface area contributed by atoms with Gasteiger partial charge in [0, 0.05) is 16.2 Å². The van der Waals surface area contributed by atoms with Gasteiger partial charge in [-0.3, -0.25) is 14.9 Å². The SMILES string of the molecule is Nc1ccc(Br)cc1C(=O)Nc1c(F)cccc1[N+](=O)[O-]. The molecular weight excluding hydrogens is 345 g/mol. The van der Waals surface area contributed by atoms with E-state index in [-0.39, 0.29) is 11.3 Å². The van der Waals surface area contributed by atoms with E-state index in [2.05, 4.69) is 21.2 Å². The highest BCUT2D eigenvalue weighted by Crippen LogP contribution is 2.28. The van der Waals surface area contributed by atoms with E-state index in [4.69, 9.17) is 5.73 Å². The second kappa shape index (κ2) is 5.88. The number of nitro groups is 1. The van der Waals surface area contributed by atoms with Gasteiger partial charge in [0.25, 0.3) is 11.6 Å². The first-order chi connectivity index (χ1) is 9.90. The molecule has 8 heteroatoms. The van der Waals surface area contributed by atoms with Crippen molar-refractivity contribution in [2.45, 2.75) is 0 Å². The van der Waals surface area contributed by atoms with Gasteiger partial charge in [0.15, 0.2) is 11.5 Å². The second-order valence-electron chi connectivity index (χ2n) is 4.08. The average Bonchev–Trinajstić information content (AvgIpc) is 2.43. The molecule has 0 aliphatic rings. The van der Waals surface area contributed by atoms with Crippen LogP contribution in [-0.2, 0) is 0 Å². The van der Waals surface area contributed by atoms with Crippen LogP contribution in [0.15, 0.2) is 40.9 Å². The van der Waals surface area contributed by atoms with Crippen molar-refractivity contribution in [3.05, 3.63) is 62.4 Å². The van der Waals surface area contributed by atoms with Gasteiger partial charge in [0.05, 0.1) is 10.5 Å². The van der Waals surface area contributed by atoms with Crippen molar-refractivity contribution in [3.63, 3.8) is 0 Å². The van der Waals surface area contributed by atoms with Gasteiger partial charge in [0.1, 0.15) is 0 Å². The third-order valence-corrected chi connectivity index (χ3v) is 3.18.